The van der Waals surface area contributed by atoms with Crippen molar-refractivity contribution in [2.75, 3.05) is 0 Å². The summed E-state index contributed by atoms with van der Waals surface area (Å²) in [5.41, 5.74) is 17.1. The van der Waals surface area contributed by atoms with Crippen LogP contribution in [0.25, 0.3) is 11.1 Å². The molecular weight excluding hydrogens is 679 g/mol. The molecule has 0 aliphatic heterocycles. The van der Waals surface area contributed by atoms with Gasteiger partial charge in [-0.2, -0.15) is 52.1 Å². The first-order valence-electron chi connectivity index (χ1n) is 15.8. The molecule has 0 unspecified atom stereocenters. The van der Waals surface area contributed by atoms with Gasteiger partial charge in [-0.3, -0.25) is 0 Å². The van der Waals surface area contributed by atoms with Gasteiger partial charge in [0.2, 0.25) is 0 Å². The first-order chi connectivity index (χ1) is 20.7. The fourth-order valence-corrected chi connectivity index (χ4v) is 6.36. The number of hydrogen-bond acceptors (Lipinski definition) is 0. The van der Waals surface area contributed by atoms with Crippen LogP contribution >= 0.6 is 0 Å². The number of aryl methyl sites for hydroxylation is 2. The van der Waals surface area contributed by atoms with Crippen molar-refractivity contribution >= 4 is 3.21 Å². The minimum atomic E-state index is 0. The molecule has 0 N–H and O–H groups in total. The van der Waals surface area contributed by atoms with E-state index in [1.807, 2.05) is 0 Å². The molecule has 240 valence electrons. The SMILES string of the molecule is CC(C)(C)c1[c-]c2c(cc1)-c1ccc(C(C)(C)C)cc1C2.Cc1c[c-](C)c(C)c1C.[Cl-].[Cl-].[Zr+2]=[C](c1ccccc1)c1ccccc1. The Bertz CT molecular complexity index is 1600. The maximum absolute atomic E-state index is 3.67. The van der Waals surface area contributed by atoms with Crippen LogP contribution < -0.4 is 24.8 Å². The summed E-state index contributed by atoms with van der Waals surface area (Å²) in [5, 5.41) is 0. The van der Waals surface area contributed by atoms with Crippen molar-refractivity contribution < 1.29 is 49.0 Å². The van der Waals surface area contributed by atoms with Crippen LogP contribution in [0.1, 0.15) is 97.2 Å². The molecule has 0 fully saturated rings. The van der Waals surface area contributed by atoms with Crippen molar-refractivity contribution in [1.82, 2.24) is 0 Å². The summed E-state index contributed by atoms with van der Waals surface area (Å²) in [7, 11) is 0. The second-order valence-electron chi connectivity index (χ2n) is 14.2. The predicted molar refractivity (Wildman–Crippen MR) is 188 cm³/mol. The third-order valence-electron chi connectivity index (χ3n) is 8.77. The van der Waals surface area contributed by atoms with E-state index in [2.05, 4.69) is 172 Å². The maximum atomic E-state index is 3.67. The molecule has 0 spiro atoms. The Hall–Kier alpha value is -2.44. The Morgan fingerprint density at radius 1 is 0.696 bits per heavy atom. The average Bonchev–Trinajstić information content (AvgIpc) is 3.48. The standard InChI is InChI=1S/C21H25.C13H10.C9H13.2ClH.Zr/c1-20(2,3)16-7-9-18-14(12-16)11-15-13-17(21(4,5)6)8-10-19(15)18;1-3-7-12(8-4-1)11-13-9-5-2-6-10-13;1-6-5-7(2)9(4)8(6)3;;;/h7-10,12H,11H2,1-6H3;1-10H;5H,1-4H3;2*1H;/q-1;;-1;;;+2/p-2. The van der Waals surface area contributed by atoms with Crippen molar-refractivity contribution in [2.24, 2.45) is 0 Å². The first-order valence-corrected chi connectivity index (χ1v) is 17.0. The van der Waals surface area contributed by atoms with Crippen molar-refractivity contribution in [2.45, 2.75) is 86.5 Å². The molecule has 0 saturated carbocycles. The van der Waals surface area contributed by atoms with Gasteiger partial charge in [0.05, 0.1) is 0 Å². The zero-order valence-electron chi connectivity index (χ0n) is 29.2. The van der Waals surface area contributed by atoms with Gasteiger partial charge in [0.1, 0.15) is 0 Å². The van der Waals surface area contributed by atoms with Crippen LogP contribution in [0.3, 0.4) is 0 Å². The van der Waals surface area contributed by atoms with Gasteiger partial charge in [-0.05, 0) is 28.4 Å². The second-order valence-corrected chi connectivity index (χ2v) is 15.4. The van der Waals surface area contributed by atoms with Gasteiger partial charge in [0.15, 0.2) is 0 Å². The van der Waals surface area contributed by atoms with Crippen molar-refractivity contribution in [3.8, 4) is 11.1 Å². The van der Waals surface area contributed by atoms with E-state index in [0.717, 1.165) is 6.42 Å². The number of rotatable bonds is 2. The third kappa shape index (κ3) is 9.79. The number of halogens is 2. The summed E-state index contributed by atoms with van der Waals surface area (Å²) >= 11 is 1.46. The summed E-state index contributed by atoms with van der Waals surface area (Å²) in [6, 6.07) is 38.5. The molecule has 0 saturated heterocycles. The zero-order chi connectivity index (χ0) is 32.2. The summed E-state index contributed by atoms with van der Waals surface area (Å²) in [6.45, 7) is 22.3. The molecule has 0 bridgehead atoms. The molecule has 3 heteroatoms. The van der Waals surface area contributed by atoms with Crippen molar-refractivity contribution in [3.05, 3.63) is 159 Å². The predicted octanol–water partition coefficient (Wildman–Crippen LogP) is 5.10. The quantitative estimate of drug-likeness (QED) is 0.218. The minimum absolute atomic E-state index is 0. The van der Waals surface area contributed by atoms with Crippen LogP contribution in [0.15, 0.2) is 97.1 Å². The number of fused-ring (bicyclic) bond motifs is 3. The van der Waals surface area contributed by atoms with Crippen molar-refractivity contribution in [3.63, 3.8) is 0 Å². The molecule has 1 aliphatic rings. The van der Waals surface area contributed by atoms with Gasteiger partial charge in [0, 0.05) is 0 Å². The van der Waals surface area contributed by atoms with Crippen molar-refractivity contribution in [1.29, 1.82) is 0 Å². The monoisotopic (exact) mass is 724 g/mol. The van der Waals surface area contributed by atoms with Gasteiger partial charge in [-0.25, -0.2) is 0 Å². The third-order valence-corrected chi connectivity index (χ3v) is 10.2. The van der Waals surface area contributed by atoms with Gasteiger partial charge in [-0.15, -0.1) is 11.1 Å². The van der Waals surface area contributed by atoms with E-state index in [4.69, 9.17) is 0 Å². The molecule has 5 aromatic carbocycles. The van der Waals surface area contributed by atoms with E-state index in [-0.39, 0.29) is 35.6 Å². The van der Waals surface area contributed by atoms with Gasteiger partial charge in [0.25, 0.3) is 0 Å². The second kappa shape index (κ2) is 16.6. The molecule has 1 aliphatic carbocycles. The van der Waals surface area contributed by atoms with Crippen LogP contribution in [-0.4, -0.2) is 3.21 Å². The Labute approximate surface area is 306 Å². The number of hydrogen-bond donors (Lipinski definition) is 0. The first kappa shape index (κ1) is 39.7. The Kier molecular flexibility index (Phi) is 14.3. The molecular formula is C43H48Cl2Zr-2. The molecule has 46 heavy (non-hydrogen) atoms. The van der Waals surface area contributed by atoms with E-state index < -0.39 is 0 Å². The molecule has 0 nitrogen and oxygen atoms in total. The summed E-state index contributed by atoms with van der Waals surface area (Å²) < 4.78 is 1.42. The topological polar surface area (TPSA) is 0 Å². The Morgan fingerprint density at radius 3 is 1.63 bits per heavy atom. The van der Waals surface area contributed by atoms with Crippen LogP contribution in [0.5, 0.6) is 0 Å². The summed E-state index contributed by atoms with van der Waals surface area (Å²) in [6.07, 6.45) is 1.03. The Balaban J connectivity index is 0.000000256. The molecule has 0 atom stereocenters. The van der Waals surface area contributed by atoms with E-state index in [0.29, 0.717) is 0 Å². The van der Waals surface area contributed by atoms with Gasteiger partial charge >= 0.3 is 99.2 Å². The van der Waals surface area contributed by atoms with Gasteiger partial charge in [-0.1, -0.05) is 93.0 Å². The summed E-state index contributed by atoms with van der Waals surface area (Å²) in [5.74, 6) is 0. The summed E-state index contributed by atoms with van der Waals surface area (Å²) in [4.78, 5) is 0. The fourth-order valence-electron chi connectivity index (χ4n) is 5.54. The van der Waals surface area contributed by atoms with E-state index in [1.54, 1.807) is 0 Å². The van der Waals surface area contributed by atoms with Crippen LogP contribution in [0, 0.1) is 33.8 Å². The van der Waals surface area contributed by atoms with Crippen LogP contribution in [-0.2, 0) is 41.5 Å². The fraction of sp³-hybridized carbons (Fsp3) is 0.302. The van der Waals surface area contributed by atoms with E-state index >= 15 is 0 Å². The average molecular weight is 727 g/mol. The molecule has 0 amide bonds. The van der Waals surface area contributed by atoms with Crippen LogP contribution in [0.2, 0.25) is 0 Å². The normalized spacial score (nSPS) is 11.4. The zero-order valence-corrected chi connectivity index (χ0v) is 33.2. The molecule has 0 heterocycles. The van der Waals surface area contributed by atoms with E-state index in [1.165, 1.54) is 94.2 Å². The number of benzene rings is 4. The molecule has 0 aromatic heterocycles. The Morgan fingerprint density at radius 2 is 1.22 bits per heavy atom. The van der Waals surface area contributed by atoms with E-state index in [9.17, 15) is 0 Å². The molecule has 6 rings (SSSR count). The van der Waals surface area contributed by atoms with Gasteiger partial charge < -0.3 is 24.8 Å². The molecule has 5 aromatic rings. The van der Waals surface area contributed by atoms with Crippen LogP contribution in [0.4, 0.5) is 0 Å². The molecule has 0 radical (unpaired) electrons.